The lowest BCUT2D eigenvalue weighted by molar-refractivity contribution is -0.0858. The van der Waals surface area contributed by atoms with Crippen molar-refractivity contribution >= 4 is 0 Å². The smallest absolute Gasteiger partial charge is 0.332 e. The Bertz CT molecular complexity index is 897. The molecule has 2 aliphatic heterocycles. The quantitative estimate of drug-likeness (QED) is 0.646. The molecule has 24 heavy (non-hydrogen) atoms. The van der Waals surface area contributed by atoms with E-state index in [4.69, 9.17) is 4.74 Å². The molecule has 0 bridgehead atoms. The van der Waals surface area contributed by atoms with Gasteiger partial charge in [0.05, 0.1) is 12.7 Å². The van der Waals surface area contributed by atoms with Gasteiger partial charge >= 0.3 is 11.1 Å². The van der Waals surface area contributed by atoms with E-state index in [-0.39, 0.29) is 6.61 Å². The van der Waals surface area contributed by atoms with Gasteiger partial charge in [0.2, 0.25) is 0 Å². The Balaban J connectivity index is 1.55. The van der Waals surface area contributed by atoms with Crippen LogP contribution in [-0.2, 0) is 38.5 Å². The zero-order valence-corrected chi connectivity index (χ0v) is 13.8. The van der Waals surface area contributed by atoms with Gasteiger partial charge in [0.25, 0.3) is 0 Å². The highest BCUT2D eigenvalue weighted by atomic mass is 16.5. The highest BCUT2D eigenvalue weighted by Crippen LogP contribution is 2.31. The zero-order chi connectivity index (χ0) is 16.9. The number of fused-ring (bicyclic) bond motifs is 1. The maximum absolute atomic E-state index is 12.3. The van der Waals surface area contributed by atoms with Crippen molar-refractivity contribution in [1.82, 2.24) is 29.0 Å². The number of aryl methyl sites for hydroxylation is 2. The molecule has 2 aliphatic rings. The highest BCUT2D eigenvalue weighted by Gasteiger charge is 2.43. The van der Waals surface area contributed by atoms with Gasteiger partial charge in [0.1, 0.15) is 12.2 Å². The van der Waals surface area contributed by atoms with Gasteiger partial charge in [-0.05, 0) is 6.42 Å². The number of hydrogen-bond donors (Lipinski definition) is 0. The van der Waals surface area contributed by atoms with Crippen LogP contribution >= 0.6 is 0 Å². The van der Waals surface area contributed by atoms with E-state index in [1.165, 1.54) is 11.6 Å². The van der Waals surface area contributed by atoms with Crippen molar-refractivity contribution in [1.29, 1.82) is 0 Å². The molecule has 9 nitrogen and oxygen atoms in total. The standard InChI is InChI=1S/C15H20N6O3/c1-18-6-11(5-16-18)7-20-4-3-15(9-20)10-21-12(8-24-15)17-19(2)13(22)14(21)23/h5-6H,3-4,7-10H2,1-2H3. The molecule has 0 radical (unpaired) electrons. The Morgan fingerprint density at radius 3 is 2.83 bits per heavy atom. The van der Waals surface area contributed by atoms with Gasteiger partial charge < -0.3 is 4.74 Å². The molecule has 0 saturated carbocycles. The number of aromatic nitrogens is 5. The number of rotatable bonds is 2. The van der Waals surface area contributed by atoms with E-state index in [0.29, 0.717) is 12.4 Å². The summed E-state index contributed by atoms with van der Waals surface area (Å²) in [7, 11) is 3.39. The second kappa shape index (κ2) is 5.38. The summed E-state index contributed by atoms with van der Waals surface area (Å²) in [6.07, 6.45) is 4.69. The Morgan fingerprint density at radius 2 is 2.08 bits per heavy atom. The zero-order valence-electron chi connectivity index (χ0n) is 13.8. The van der Waals surface area contributed by atoms with Gasteiger partial charge in [0, 0.05) is 45.5 Å². The Morgan fingerprint density at radius 1 is 1.25 bits per heavy atom. The second-order valence-corrected chi connectivity index (χ2v) is 6.69. The summed E-state index contributed by atoms with van der Waals surface area (Å²) in [4.78, 5) is 26.4. The number of ether oxygens (including phenoxy) is 1. The molecule has 0 aromatic carbocycles. The molecule has 9 heteroatoms. The lowest BCUT2D eigenvalue weighted by Crippen LogP contribution is -2.52. The van der Waals surface area contributed by atoms with Gasteiger partial charge in [0.15, 0.2) is 5.82 Å². The average molecular weight is 332 g/mol. The molecule has 1 saturated heterocycles. The first-order valence-electron chi connectivity index (χ1n) is 7.97. The summed E-state index contributed by atoms with van der Waals surface area (Å²) in [6.45, 7) is 3.05. The minimum absolute atomic E-state index is 0.254. The maximum Gasteiger partial charge on any atom is 0.332 e. The van der Waals surface area contributed by atoms with E-state index in [1.54, 1.807) is 4.68 Å². The molecule has 0 aliphatic carbocycles. The maximum atomic E-state index is 12.3. The van der Waals surface area contributed by atoms with E-state index in [2.05, 4.69) is 15.1 Å². The van der Waals surface area contributed by atoms with Gasteiger partial charge in [-0.25, -0.2) is 4.68 Å². The van der Waals surface area contributed by atoms with Gasteiger partial charge in [-0.15, -0.1) is 0 Å². The molecule has 1 unspecified atom stereocenters. The van der Waals surface area contributed by atoms with Crippen molar-refractivity contribution in [3.05, 3.63) is 44.5 Å². The first kappa shape index (κ1) is 15.3. The van der Waals surface area contributed by atoms with E-state index in [9.17, 15) is 9.59 Å². The summed E-state index contributed by atoms with van der Waals surface area (Å²) in [5.74, 6) is 0.512. The van der Waals surface area contributed by atoms with Crippen LogP contribution in [0.5, 0.6) is 0 Å². The largest absolute Gasteiger partial charge is 0.364 e. The van der Waals surface area contributed by atoms with Crippen LogP contribution in [-0.4, -0.2) is 47.7 Å². The molecule has 4 heterocycles. The summed E-state index contributed by atoms with van der Waals surface area (Å²) in [6, 6.07) is 0. The van der Waals surface area contributed by atoms with Crippen LogP contribution in [0.1, 0.15) is 17.8 Å². The molecule has 0 amide bonds. The fourth-order valence-corrected chi connectivity index (χ4v) is 3.59. The summed E-state index contributed by atoms with van der Waals surface area (Å²) >= 11 is 0. The second-order valence-electron chi connectivity index (χ2n) is 6.69. The van der Waals surface area contributed by atoms with Crippen molar-refractivity contribution in [2.24, 2.45) is 14.1 Å². The summed E-state index contributed by atoms with van der Waals surface area (Å²) < 4.78 is 10.4. The first-order chi connectivity index (χ1) is 11.5. The fraction of sp³-hybridized carbons (Fsp3) is 0.600. The van der Waals surface area contributed by atoms with Crippen molar-refractivity contribution < 1.29 is 4.74 Å². The Hall–Kier alpha value is -2.26. The fourth-order valence-electron chi connectivity index (χ4n) is 3.59. The number of likely N-dealkylation sites (tertiary alicyclic amines) is 1. The van der Waals surface area contributed by atoms with Crippen molar-refractivity contribution in [3.8, 4) is 0 Å². The molecule has 2 aromatic rings. The third-order valence-corrected chi connectivity index (χ3v) is 4.81. The minimum Gasteiger partial charge on any atom is -0.364 e. The van der Waals surface area contributed by atoms with Crippen LogP contribution in [0.15, 0.2) is 22.0 Å². The molecular formula is C15H20N6O3. The average Bonchev–Trinajstić information content (AvgIpc) is 3.13. The molecule has 1 fully saturated rings. The molecule has 128 valence electrons. The molecular weight excluding hydrogens is 312 g/mol. The molecule has 1 spiro atoms. The van der Waals surface area contributed by atoms with Crippen LogP contribution in [0.4, 0.5) is 0 Å². The predicted octanol–water partition coefficient (Wildman–Crippen LogP) is -1.15. The third kappa shape index (κ3) is 2.49. The minimum atomic E-state index is -0.596. The van der Waals surface area contributed by atoms with Crippen LogP contribution in [0.2, 0.25) is 0 Å². The van der Waals surface area contributed by atoms with Crippen molar-refractivity contribution in [2.45, 2.75) is 31.7 Å². The van der Waals surface area contributed by atoms with Gasteiger partial charge in [-0.3, -0.25) is 23.7 Å². The topological polar surface area (TPSA) is 87.2 Å². The lowest BCUT2D eigenvalue weighted by atomic mass is 10.0. The molecule has 0 N–H and O–H groups in total. The highest BCUT2D eigenvalue weighted by molar-refractivity contribution is 5.06. The first-order valence-corrected chi connectivity index (χ1v) is 7.97. The normalized spacial score (nSPS) is 23.8. The van der Waals surface area contributed by atoms with E-state index in [0.717, 1.165) is 36.3 Å². The summed E-state index contributed by atoms with van der Waals surface area (Å²) in [5, 5.41) is 8.33. The van der Waals surface area contributed by atoms with Gasteiger partial charge in [-0.2, -0.15) is 10.2 Å². The molecule has 1 atom stereocenters. The molecule has 2 aromatic heterocycles. The third-order valence-electron chi connectivity index (χ3n) is 4.81. The van der Waals surface area contributed by atoms with E-state index in [1.807, 2.05) is 19.4 Å². The number of nitrogens with zero attached hydrogens (tertiary/aromatic N) is 6. The monoisotopic (exact) mass is 332 g/mol. The van der Waals surface area contributed by atoms with E-state index >= 15 is 0 Å². The SMILES string of the molecule is Cn1cc(CN2CCC3(C2)Cn2c(nn(C)c(=O)c2=O)CO3)cn1. The van der Waals surface area contributed by atoms with Crippen molar-refractivity contribution in [3.63, 3.8) is 0 Å². The van der Waals surface area contributed by atoms with Crippen LogP contribution in [0.3, 0.4) is 0 Å². The molecule has 4 rings (SSSR count). The Labute approximate surface area is 138 Å². The summed E-state index contributed by atoms with van der Waals surface area (Å²) in [5.41, 5.74) is -0.386. The predicted molar refractivity (Wildman–Crippen MR) is 84.4 cm³/mol. The van der Waals surface area contributed by atoms with Gasteiger partial charge in [-0.1, -0.05) is 0 Å². The van der Waals surface area contributed by atoms with E-state index < -0.39 is 16.7 Å². The Kier molecular flexibility index (Phi) is 3.43. The van der Waals surface area contributed by atoms with Crippen LogP contribution in [0, 0.1) is 0 Å². The van der Waals surface area contributed by atoms with Crippen LogP contribution in [0.25, 0.3) is 0 Å². The number of hydrogen-bond acceptors (Lipinski definition) is 6. The van der Waals surface area contributed by atoms with Crippen LogP contribution < -0.4 is 11.1 Å². The van der Waals surface area contributed by atoms with Crippen molar-refractivity contribution in [2.75, 3.05) is 13.1 Å². The lowest BCUT2D eigenvalue weighted by Gasteiger charge is -2.35.